The molecule has 6 heteroatoms. The molecule has 1 saturated carbocycles. The molecule has 0 spiro atoms. The predicted molar refractivity (Wildman–Crippen MR) is 82.8 cm³/mol. The van der Waals surface area contributed by atoms with Crippen molar-refractivity contribution in [1.82, 2.24) is 9.55 Å². The van der Waals surface area contributed by atoms with Crippen LogP contribution in [0.1, 0.15) is 31.1 Å². The number of alkyl halides is 1. The first-order valence-corrected chi connectivity index (χ1v) is 8.00. The predicted octanol–water partition coefficient (Wildman–Crippen LogP) is 4.35. The molecule has 0 N–H and O–H groups in total. The Kier molecular flexibility index (Phi) is 4.38. The average molecular weight is 331 g/mol. The van der Waals surface area contributed by atoms with Crippen LogP contribution in [0.5, 0.6) is 0 Å². The highest BCUT2D eigenvalue weighted by atomic mass is 35.5. The number of rotatable bonds is 4. The molecular weight excluding hydrogens is 314 g/mol. The number of fused-ring (bicyclic) bond motifs is 1. The van der Waals surface area contributed by atoms with Crippen molar-refractivity contribution >= 4 is 34.2 Å². The van der Waals surface area contributed by atoms with Gasteiger partial charge < -0.3 is 9.30 Å². The average Bonchev–Trinajstić information content (AvgIpc) is 3.04. The molecule has 2 aromatic rings. The van der Waals surface area contributed by atoms with Crippen molar-refractivity contribution in [3.05, 3.63) is 28.8 Å². The van der Waals surface area contributed by atoms with E-state index in [1.165, 1.54) is 6.07 Å². The van der Waals surface area contributed by atoms with Crippen LogP contribution >= 0.6 is 23.2 Å². The lowest BCUT2D eigenvalue weighted by Crippen LogP contribution is -2.12. The molecule has 3 rings (SSSR count). The molecule has 1 aromatic heterocycles. The highest BCUT2D eigenvalue weighted by Crippen LogP contribution is 2.36. The lowest BCUT2D eigenvalue weighted by Gasteiger charge is -2.17. The largest absolute Gasteiger partial charge is 0.381 e. The SMILES string of the molecule is COC1CCC(n2c(CCCl)nc3cc(F)c(Cl)cc32)C1. The van der Waals surface area contributed by atoms with Gasteiger partial charge in [-0.05, 0) is 25.3 Å². The van der Waals surface area contributed by atoms with Crippen LogP contribution in [0, 0.1) is 5.82 Å². The van der Waals surface area contributed by atoms with Gasteiger partial charge in [0.2, 0.25) is 0 Å². The summed E-state index contributed by atoms with van der Waals surface area (Å²) in [5, 5.41) is 0.127. The number of aryl methyl sites for hydroxylation is 1. The van der Waals surface area contributed by atoms with Crippen LogP contribution in [0.3, 0.4) is 0 Å². The van der Waals surface area contributed by atoms with Crippen molar-refractivity contribution in [2.45, 2.75) is 37.8 Å². The molecular formula is C15H17Cl2FN2O. The van der Waals surface area contributed by atoms with Gasteiger partial charge in [0.15, 0.2) is 0 Å². The van der Waals surface area contributed by atoms with Crippen LogP contribution in [0.4, 0.5) is 4.39 Å². The number of methoxy groups -OCH3 is 1. The molecule has 21 heavy (non-hydrogen) atoms. The fourth-order valence-electron chi connectivity index (χ4n) is 3.17. The van der Waals surface area contributed by atoms with Gasteiger partial charge in [-0.25, -0.2) is 9.37 Å². The number of nitrogens with zero attached hydrogens (tertiary/aromatic N) is 2. The van der Waals surface area contributed by atoms with Crippen molar-refractivity contribution in [2.75, 3.05) is 13.0 Å². The zero-order valence-corrected chi connectivity index (χ0v) is 13.3. The minimum absolute atomic E-state index is 0.127. The summed E-state index contributed by atoms with van der Waals surface area (Å²) in [6, 6.07) is 3.37. The summed E-state index contributed by atoms with van der Waals surface area (Å²) in [6.07, 6.45) is 3.91. The topological polar surface area (TPSA) is 27.1 Å². The molecule has 1 aliphatic carbocycles. The first kappa shape index (κ1) is 15.1. The zero-order chi connectivity index (χ0) is 15.0. The number of imidazole rings is 1. The van der Waals surface area contributed by atoms with Crippen LogP contribution in [0.25, 0.3) is 11.0 Å². The standard InChI is InChI=1S/C15H17Cl2FN2O/c1-21-10-3-2-9(6-10)20-14-7-11(17)12(18)8-13(14)19-15(20)4-5-16/h7-10H,2-6H2,1H3. The van der Waals surface area contributed by atoms with Gasteiger partial charge in [-0.15, -0.1) is 11.6 Å². The van der Waals surface area contributed by atoms with Crippen LogP contribution in [-0.4, -0.2) is 28.6 Å². The highest BCUT2D eigenvalue weighted by molar-refractivity contribution is 6.31. The highest BCUT2D eigenvalue weighted by Gasteiger charge is 2.29. The fraction of sp³-hybridized carbons (Fsp3) is 0.533. The van der Waals surface area contributed by atoms with Gasteiger partial charge >= 0.3 is 0 Å². The smallest absolute Gasteiger partial charge is 0.144 e. The lowest BCUT2D eigenvalue weighted by atomic mass is 10.2. The molecule has 0 bridgehead atoms. The number of ether oxygens (including phenoxy) is 1. The molecule has 2 atom stereocenters. The summed E-state index contributed by atoms with van der Waals surface area (Å²) in [4.78, 5) is 4.54. The summed E-state index contributed by atoms with van der Waals surface area (Å²) >= 11 is 11.8. The zero-order valence-electron chi connectivity index (χ0n) is 11.8. The third-order valence-electron chi connectivity index (χ3n) is 4.18. The summed E-state index contributed by atoms with van der Waals surface area (Å²) in [5.41, 5.74) is 1.51. The van der Waals surface area contributed by atoms with E-state index in [0.717, 1.165) is 30.6 Å². The summed E-state index contributed by atoms with van der Waals surface area (Å²) in [7, 11) is 1.74. The summed E-state index contributed by atoms with van der Waals surface area (Å²) < 4.78 is 21.3. The van der Waals surface area contributed by atoms with Crippen LogP contribution in [0.2, 0.25) is 5.02 Å². The third-order valence-corrected chi connectivity index (χ3v) is 4.66. The summed E-state index contributed by atoms with van der Waals surface area (Å²) in [6.45, 7) is 0. The number of aromatic nitrogens is 2. The molecule has 0 radical (unpaired) electrons. The van der Waals surface area contributed by atoms with Crippen LogP contribution < -0.4 is 0 Å². The van der Waals surface area contributed by atoms with Gasteiger partial charge in [0.05, 0.1) is 22.2 Å². The van der Waals surface area contributed by atoms with Gasteiger partial charge in [0, 0.05) is 31.5 Å². The maximum atomic E-state index is 13.6. The Balaban J connectivity index is 2.09. The first-order chi connectivity index (χ1) is 10.1. The van der Waals surface area contributed by atoms with E-state index in [1.54, 1.807) is 13.2 Å². The van der Waals surface area contributed by atoms with E-state index in [-0.39, 0.29) is 11.1 Å². The molecule has 0 saturated heterocycles. The van der Waals surface area contributed by atoms with Crippen molar-refractivity contribution < 1.29 is 9.13 Å². The quantitative estimate of drug-likeness (QED) is 0.779. The Morgan fingerprint density at radius 3 is 2.90 bits per heavy atom. The lowest BCUT2D eigenvalue weighted by molar-refractivity contribution is 0.106. The Bertz CT molecular complexity index is 659. The molecule has 114 valence electrons. The van der Waals surface area contributed by atoms with E-state index in [0.29, 0.717) is 23.9 Å². The number of hydrogen-bond acceptors (Lipinski definition) is 2. The molecule has 0 amide bonds. The molecule has 1 fully saturated rings. The van der Waals surface area contributed by atoms with Crippen molar-refractivity contribution in [3.63, 3.8) is 0 Å². The van der Waals surface area contributed by atoms with E-state index in [1.807, 2.05) is 0 Å². The molecule has 1 aromatic carbocycles. The second-order valence-corrected chi connectivity index (χ2v) is 6.20. The first-order valence-electron chi connectivity index (χ1n) is 7.08. The van der Waals surface area contributed by atoms with E-state index in [9.17, 15) is 4.39 Å². The van der Waals surface area contributed by atoms with Gasteiger partial charge in [0.1, 0.15) is 11.6 Å². The maximum absolute atomic E-state index is 13.6. The second kappa shape index (κ2) is 6.11. The molecule has 0 aliphatic heterocycles. The van der Waals surface area contributed by atoms with E-state index >= 15 is 0 Å². The maximum Gasteiger partial charge on any atom is 0.144 e. The number of benzene rings is 1. The van der Waals surface area contributed by atoms with E-state index in [2.05, 4.69) is 9.55 Å². The van der Waals surface area contributed by atoms with Crippen molar-refractivity contribution in [2.24, 2.45) is 0 Å². The van der Waals surface area contributed by atoms with Gasteiger partial charge in [-0.3, -0.25) is 0 Å². The van der Waals surface area contributed by atoms with Crippen molar-refractivity contribution in [3.8, 4) is 0 Å². The Labute approximate surface area is 133 Å². The van der Waals surface area contributed by atoms with Crippen LogP contribution in [-0.2, 0) is 11.2 Å². The monoisotopic (exact) mass is 330 g/mol. The minimum Gasteiger partial charge on any atom is -0.381 e. The second-order valence-electron chi connectivity index (χ2n) is 5.42. The molecule has 3 nitrogen and oxygen atoms in total. The third kappa shape index (κ3) is 2.77. The molecule has 1 aliphatic rings. The number of halogens is 3. The van der Waals surface area contributed by atoms with Crippen molar-refractivity contribution in [1.29, 1.82) is 0 Å². The summed E-state index contributed by atoms with van der Waals surface area (Å²) in [5.74, 6) is 0.941. The van der Waals surface area contributed by atoms with E-state index in [4.69, 9.17) is 27.9 Å². The van der Waals surface area contributed by atoms with Gasteiger partial charge in [-0.1, -0.05) is 11.6 Å². The Morgan fingerprint density at radius 1 is 1.43 bits per heavy atom. The van der Waals surface area contributed by atoms with E-state index < -0.39 is 5.82 Å². The van der Waals surface area contributed by atoms with Crippen LogP contribution in [0.15, 0.2) is 12.1 Å². The van der Waals surface area contributed by atoms with Gasteiger partial charge in [0.25, 0.3) is 0 Å². The van der Waals surface area contributed by atoms with Gasteiger partial charge in [-0.2, -0.15) is 0 Å². The minimum atomic E-state index is -0.438. The molecule has 2 unspecified atom stereocenters. The molecule has 1 heterocycles. The Hall–Kier alpha value is -0.840. The Morgan fingerprint density at radius 2 is 2.24 bits per heavy atom. The fourth-order valence-corrected chi connectivity index (χ4v) is 3.50. The normalized spacial score (nSPS) is 22.3. The number of hydrogen-bond donors (Lipinski definition) is 0.